The van der Waals surface area contributed by atoms with Gasteiger partial charge in [-0.1, -0.05) is 0 Å². The first-order chi connectivity index (χ1) is 15.1. The molecule has 3 aromatic heterocycles. The molecule has 0 spiro atoms. The number of nitrogens with zero attached hydrogens (tertiary/aromatic N) is 5. The number of methoxy groups -OCH3 is 1. The lowest BCUT2D eigenvalue weighted by Crippen LogP contribution is -2.34. The number of thiazole rings is 1. The Balaban J connectivity index is 1.41. The van der Waals surface area contributed by atoms with Gasteiger partial charge in [-0.15, -0.1) is 11.3 Å². The van der Waals surface area contributed by atoms with E-state index in [4.69, 9.17) is 9.72 Å². The number of ether oxygens (including phenoxy) is 1. The number of piperidine rings is 1. The van der Waals surface area contributed by atoms with E-state index >= 15 is 0 Å². The van der Waals surface area contributed by atoms with Crippen molar-refractivity contribution < 1.29 is 4.74 Å². The maximum atomic E-state index is 5.10. The molecule has 3 aromatic rings. The molecule has 1 fully saturated rings. The van der Waals surface area contributed by atoms with Crippen molar-refractivity contribution in [2.45, 2.75) is 45.6 Å². The lowest BCUT2D eigenvalue weighted by Gasteiger charge is -2.32. The molecule has 1 saturated heterocycles. The molecular weight excluding hydrogens is 408 g/mol. The van der Waals surface area contributed by atoms with Crippen molar-refractivity contribution in [1.29, 1.82) is 0 Å². The first kappa shape index (κ1) is 21.8. The van der Waals surface area contributed by atoms with Crippen molar-refractivity contribution in [2.75, 3.05) is 32.1 Å². The zero-order valence-corrected chi connectivity index (χ0v) is 19.3. The quantitative estimate of drug-likeness (QED) is 0.563. The molecule has 31 heavy (non-hydrogen) atoms. The Labute approximate surface area is 187 Å². The normalized spacial score (nSPS) is 17.1. The van der Waals surface area contributed by atoms with E-state index in [0.717, 1.165) is 71.8 Å². The summed E-state index contributed by atoms with van der Waals surface area (Å²) < 4.78 is 5.10. The Morgan fingerprint density at radius 2 is 2.00 bits per heavy atom. The lowest BCUT2D eigenvalue weighted by molar-refractivity contribution is 0.197. The van der Waals surface area contributed by atoms with Gasteiger partial charge < -0.3 is 10.1 Å². The summed E-state index contributed by atoms with van der Waals surface area (Å²) in [6.07, 6.45) is 6.98. The van der Waals surface area contributed by atoms with Gasteiger partial charge in [-0.05, 0) is 45.4 Å². The average molecular weight is 439 g/mol. The zero-order valence-electron chi connectivity index (χ0n) is 18.5. The standard InChI is InChI=1S/C23H30N6OS/c1-16-9-20(28-23-27-17(2)15-31-23)10-21(26-16)19-5-4-7-29(14-19)13-18-11-24-22(25-12-18)6-8-30-3/h9-12,15,19H,4-8,13-14H2,1-3H3,(H,26,27,28)/t19-/m0/s1. The van der Waals surface area contributed by atoms with Crippen molar-refractivity contribution in [2.24, 2.45) is 0 Å². The Morgan fingerprint density at radius 3 is 2.74 bits per heavy atom. The molecule has 1 atom stereocenters. The van der Waals surface area contributed by atoms with Gasteiger partial charge in [-0.3, -0.25) is 9.88 Å². The van der Waals surface area contributed by atoms with Gasteiger partial charge in [0.1, 0.15) is 5.82 Å². The molecule has 164 valence electrons. The maximum Gasteiger partial charge on any atom is 0.187 e. The van der Waals surface area contributed by atoms with E-state index in [1.54, 1.807) is 18.4 Å². The smallest absolute Gasteiger partial charge is 0.187 e. The average Bonchev–Trinajstić information content (AvgIpc) is 3.17. The van der Waals surface area contributed by atoms with Crippen LogP contribution >= 0.6 is 11.3 Å². The molecule has 0 amide bonds. The Morgan fingerprint density at radius 1 is 1.16 bits per heavy atom. The van der Waals surface area contributed by atoms with Gasteiger partial charge >= 0.3 is 0 Å². The molecule has 0 unspecified atom stereocenters. The highest BCUT2D eigenvalue weighted by Crippen LogP contribution is 2.30. The highest BCUT2D eigenvalue weighted by molar-refractivity contribution is 7.13. The van der Waals surface area contributed by atoms with Crippen LogP contribution in [0, 0.1) is 13.8 Å². The van der Waals surface area contributed by atoms with Crippen molar-refractivity contribution >= 4 is 22.2 Å². The number of aryl methyl sites for hydroxylation is 2. The van der Waals surface area contributed by atoms with Crippen LogP contribution in [0.25, 0.3) is 0 Å². The number of pyridine rings is 1. The highest BCUT2D eigenvalue weighted by Gasteiger charge is 2.23. The molecule has 1 aliphatic heterocycles. The first-order valence-electron chi connectivity index (χ1n) is 10.8. The molecule has 1 aliphatic rings. The summed E-state index contributed by atoms with van der Waals surface area (Å²) >= 11 is 1.63. The first-order valence-corrected chi connectivity index (χ1v) is 11.7. The number of likely N-dealkylation sites (tertiary alicyclic amines) is 1. The summed E-state index contributed by atoms with van der Waals surface area (Å²) in [5.74, 6) is 1.26. The second kappa shape index (κ2) is 10.3. The minimum atomic E-state index is 0.425. The lowest BCUT2D eigenvalue weighted by atomic mass is 9.93. The monoisotopic (exact) mass is 438 g/mol. The summed E-state index contributed by atoms with van der Waals surface area (Å²) in [6.45, 7) is 7.69. The van der Waals surface area contributed by atoms with E-state index in [1.807, 2.05) is 19.3 Å². The summed E-state index contributed by atoms with van der Waals surface area (Å²) in [7, 11) is 1.70. The maximum absolute atomic E-state index is 5.10. The van der Waals surface area contributed by atoms with Crippen LogP contribution in [0.2, 0.25) is 0 Å². The molecule has 7 nitrogen and oxygen atoms in total. The molecule has 1 N–H and O–H groups in total. The number of nitrogens with one attached hydrogen (secondary N) is 1. The molecule has 0 bridgehead atoms. The van der Waals surface area contributed by atoms with Crippen LogP contribution in [0.1, 0.15) is 47.2 Å². The van der Waals surface area contributed by atoms with Crippen LogP contribution in [0.3, 0.4) is 0 Å². The van der Waals surface area contributed by atoms with E-state index < -0.39 is 0 Å². The Bertz CT molecular complexity index is 990. The van der Waals surface area contributed by atoms with Gasteiger partial charge in [0, 0.05) is 73.0 Å². The Kier molecular flexibility index (Phi) is 7.21. The molecule has 0 aliphatic carbocycles. The summed E-state index contributed by atoms with van der Waals surface area (Å²) in [4.78, 5) is 20.8. The molecule has 8 heteroatoms. The predicted octanol–water partition coefficient (Wildman–Crippen LogP) is 4.26. The minimum Gasteiger partial charge on any atom is -0.384 e. The third-order valence-electron chi connectivity index (χ3n) is 5.46. The molecule has 4 heterocycles. The van der Waals surface area contributed by atoms with Gasteiger partial charge in [0.25, 0.3) is 0 Å². The zero-order chi connectivity index (χ0) is 21.6. The molecule has 0 radical (unpaired) electrons. The van der Waals surface area contributed by atoms with E-state index in [2.05, 4.69) is 49.6 Å². The van der Waals surface area contributed by atoms with E-state index in [1.165, 1.54) is 6.42 Å². The highest BCUT2D eigenvalue weighted by atomic mass is 32.1. The summed E-state index contributed by atoms with van der Waals surface area (Å²) in [5.41, 5.74) is 5.45. The van der Waals surface area contributed by atoms with Crippen LogP contribution in [0.15, 0.2) is 29.9 Å². The summed E-state index contributed by atoms with van der Waals surface area (Å²) in [5, 5.41) is 6.43. The minimum absolute atomic E-state index is 0.425. The van der Waals surface area contributed by atoms with Crippen molar-refractivity contribution in [3.63, 3.8) is 0 Å². The van der Waals surface area contributed by atoms with Crippen LogP contribution in [-0.4, -0.2) is 51.6 Å². The fraction of sp³-hybridized carbons (Fsp3) is 0.478. The van der Waals surface area contributed by atoms with Gasteiger partial charge in [-0.25, -0.2) is 15.0 Å². The largest absolute Gasteiger partial charge is 0.384 e. The molecule has 0 saturated carbocycles. The number of rotatable bonds is 8. The molecular formula is C23H30N6OS. The fourth-order valence-corrected chi connectivity index (χ4v) is 4.70. The number of aromatic nitrogens is 4. The van der Waals surface area contributed by atoms with Gasteiger partial charge in [0.2, 0.25) is 0 Å². The Hall–Kier alpha value is -2.42. The SMILES string of the molecule is COCCc1ncc(CN2CCC[C@H](c3cc(Nc4nc(C)cs4)cc(C)n3)C2)cn1. The number of hydrogen-bond donors (Lipinski definition) is 1. The van der Waals surface area contributed by atoms with Crippen molar-refractivity contribution in [3.8, 4) is 0 Å². The third kappa shape index (κ3) is 6.06. The van der Waals surface area contributed by atoms with Gasteiger partial charge in [0.05, 0.1) is 12.3 Å². The van der Waals surface area contributed by atoms with Gasteiger partial charge in [0.15, 0.2) is 5.13 Å². The molecule has 0 aromatic carbocycles. The fourth-order valence-electron chi connectivity index (χ4n) is 3.99. The van der Waals surface area contributed by atoms with Crippen molar-refractivity contribution in [1.82, 2.24) is 24.8 Å². The van der Waals surface area contributed by atoms with E-state index in [9.17, 15) is 0 Å². The van der Waals surface area contributed by atoms with Crippen LogP contribution in [-0.2, 0) is 17.7 Å². The topological polar surface area (TPSA) is 76.1 Å². The second-order valence-electron chi connectivity index (χ2n) is 8.17. The van der Waals surface area contributed by atoms with Crippen molar-refractivity contribution in [3.05, 3.63) is 58.4 Å². The molecule has 4 rings (SSSR count). The van der Waals surface area contributed by atoms with E-state index in [0.29, 0.717) is 12.5 Å². The third-order valence-corrected chi connectivity index (χ3v) is 6.34. The second-order valence-corrected chi connectivity index (χ2v) is 9.02. The van der Waals surface area contributed by atoms with Crippen LogP contribution in [0.5, 0.6) is 0 Å². The van der Waals surface area contributed by atoms with Crippen LogP contribution in [0.4, 0.5) is 10.8 Å². The predicted molar refractivity (Wildman–Crippen MR) is 124 cm³/mol. The van der Waals surface area contributed by atoms with E-state index in [-0.39, 0.29) is 0 Å². The van der Waals surface area contributed by atoms with Crippen LogP contribution < -0.4 is 5.32 Å². The number of anilines is 2. The number of hydrogen-bond acceptors (Lipinski definition) is 8. The van der Waals surface area contributed by atoms with Gasteiger partial charge in [-0.2, -0.15) is 0 Å². The summed E-state index contributed by atoms with van der Waals surface area (Å²) in [6, 6.07) is 4.27.